The maximum absolute atomic E-state index is 12.6. The lowest BCUT2D eigenvalue weighted by Gasteiger charge is -2.11. The van der Waals surface area contributed by atoms with E-state index in [4.69, 9.17) is 4.74 Å². The molecule has 5 nitrogen and oxygen atoms in total. The minimum absolute atomic E-state index is 0.0963. The molecule has 0 spiro atoms. The molecule has 0 aliphatic heterocycles. The Morgan fingerprint density at radius 2 is 2.11 bits per heavy atom. The molecule has 0 radical (unpaired) electrons. The highest BCUT2D eigenvalue weighted by Crippen LogP contribution is 2.28. The van der Waals surface area contributed by atoms with Gasteiger partial charge in [-0.2, -0.15) is 18.3 Å². The van der Waals surface area contributed by atoms with Gasteiger partial charge in [0.15, 0.2) is 5.69 Å². The monoisotopic (exact) mass is 279 g/mol. The first-order valence-corrected chi connectivity index (χ1v) is 5.72. The van der Waals surface area contributed by atoms with E-state index in [0.29, 0.717) is 12.6 Å². The largest absolute Gasteiger partial charge is 0.461 e. The SMILES string of the molecule is CCOC(=O)c1cc(C(F)(F)F)nn1CCN(C)C. The van der Waals surface area contributed by atoms with E-state index in [0.717, 1.165) is 4.68 Å². The van der Waals surface area contributed by atoms with E-state index >= 15 is 0 Å². The van der Waals surface area contributed by atoms with Crippen molar-refractivity contribution in [1.82, 2.24) is 14.7 Å². The minimum atomic E-state index is -4.58. The molecule has 0 fully saturated rings. The standard InChI is InChI=1S/C11H16F3N3O2/c1-4-19-10(18)8-7-9(11(12,13)14)15-17(8)6-5-16(2)3/h7H,4-6H2,1-3H3. The number of hydrogen-bond acceptors (Lipinski definition) is 4. The van der Waals surface area contributed by atoms with E-state index in [1.54, 1.807) is 25.9 Å². The minimum Gasteiger partial charge on any atom is -0.461 e. The van der Waals surface area contributed by atoms with E-state index in [-0.39, 0.29) is 18.8 Å². The zero-order valence-corrected chi connectivity index (χ0v) is 11.0. The number of rotatable bonds is 5. The summed E-state index contributed by atoms with van der Waals surface area (Å²) in [7, 11) is 3.55. The Morgan fingerprint density at radius 1 is 1.47 bits per heavy atom. The lowest BCUT2D eigenvalue weighted by Crippen LogP contribution is -2.22. The van der Waals surface area contributed by atoms with E-state index < -0.39 is 17.8 Å². The first-order chi connectivity index (χ1) is 8.75. The molecular weight excluding hydrogens is 263 g/mol. The van der Waals surface area contributed by atoms with Crippen LogP contribution in [0.5, 0.6) is 0 Å². The van der Waals surface area contributed by atoms with Gasteiger partial charge in [-0.3, -0.25) is 4.68 Å². The van der Waals surface area contributed by atoms with E-state index in [2.05, 4.69) is 5.10 Å². The third-order valence-corrected chi connectivity index (χ3v) is 2.31. The van der Waals surface area contributed by atoms with Gasteiger partial charge in [0.2, 0.25) is 0 Å². The van der Waals surface area contributed by atoms with Crippen molar-refractivity contribution in [1.29, 1.82) is 0 Å². The summed E-state index contributed by atoms with van der Waals surface area (Å²) in [5, 5.41) is 3.42. The summed E-state index contributed by atoms with van der Waals surface area (Å²) in [6.07, 6.45) is -4.58. The first-order valence-electron chi connectivity index (χ1n) is 5.72. The van der Waals surface area contributed by atoms with Crippen molar-refractivity contribution in [2.45, 2.75) is 19.6 Å². The van der Waals surface area contributed by atoms with E-state index in [9.17, 15) is 18.0 Å². The summed E-state index contributed by atoms with van der Waals surface area (Å²) in [4.78, 5) is 13.4. The molecule has 1 aromatic rings. The molecule has 108 valence electrons. The highest BCUT2D eigenvalue weighted by atomic mass is 19.4. The number of carbonyl (C=O) groups is 1. The molecule has 1 aromatic heterocycles. The average molecular weight is 279 g/mol. The van der Waals surface area contributed by atoms with Crippen LogP contribution in [0.4, 0.5) is 13.2 Å². The molecule has 1 rings (SSSR count). The number of halogens is 3. The van der Waals surface area contributed by atoms with Crippen LogP contribution in [0.2, 0.25) is 0 Å². The molecule has 19 heavy (non-hydrogen) atoms. The number of alkyl halides is 3. The summed E-state index contributed by atoms with van der Waals surface area (Å²) >= 11 is 0. The molecule has 0 atom stereocenters. The predicted molar refractivity (Wildman–Crippen MR) is 61.7 cm³/mol. The maximum Gasteiger partial charge on any atom is 0.435 e. The van der Waals surface area contributed by atoms with Crippen LogP contribution in [0.1, 0.15) is 23.1 Å². The number of likely N-dealkylation sites (N-methyl/N-ethyl adjacent to an activating group) is 1. The third-order valence-electron chi connectivity index (χ3n) is 2.31. The van der Waals surface area contributed by atoms with Gasteiger partial charge in [0.25, 0.3) is 0 Å². The van der Waals surface area contributed by atoms with Gasteiger partial charge in [0.1, 0.15) is 5.69 Å². The Balaban J connectivity index is 3.04. The van der Waals surface area contributed by atoms with Gasteiger partial charge >= 0.3 is 12.1 Å². The molecule has 1 heterocycles. The second-order valence-corrected chi connectivity index (χ2v) is 4.16. The maximum atomic E-state index is 12.6. The van der Waals surface area contributed by atoms with Gasteiger partial charge in [-0.1, -0.05) is 0 Å². The van der Waals surface area contributed by atoms with Crippen LogP contribution in [0.3, 0.4) is 0 Å². The second kappa shape index (κ2) is 6.05. The number of ether oxygens (including phenoxy) is 1. The third kappa shape index (κ3) is 4.23. The van der Waals surface area contributed by atoms with Gasteiger partial charge < -0.3 is 9.64 Å². The Hall–Kier alpha value is -1.57. The van der Waals surface area contributed by atoms with Crippen molar-refractivity contribution in [3.8, 4) is 0 Å². The molecule has 0 unspecified atom stereocenters. The lowest BCUT2D eigenvalue weighted by atomic mass is 10.3. The Morgan fingerprint density at radius 3 is 2.58 bits per heavy atom. The molecule has 0 amide bonds. The molecule has 0 aromatic carbocycles. The highest BCUT2D eigenvalue weighted by Gasteiger charge is 2.36. The summed E-state index contributed by atoms with van der Waals surface area (Å²) in [6, 6.07) is 0.716. The van der Waals surface area contributed by atoms with Gasteiger partial charge in [-0.25, -0.2) is 4.79 Å². The van der Waals surface area contributed by atoms with Crippen LogP contribution < -0.4 is 0 Å². The fourth-order valence-electron chi connectivity index (χ4n) is 1.39. The molecule has 8 heteroatoms. The van der Waals surface area contributed by atoms with Crippen molar-refractivity contribution in [3.05, 3.63) is 17.5 Å². The normalized spacial score (nSPS) is 11.9. The Kier molecular flexibility index (Phi) is 4.93. The van der Waals surface area contributed by atoms with Crippen molar-refractivity contribution in [2.75, 3.05) is 27.2 Å². The van der Waals surface area contributed by atoms with Crippen LogP contribution in [0.15, 0.2) is 6.07 Å². The average Bonchev–Trinajstić information content (AvgIpc) is 2.70. The van der Waals surface area contributed by atoms with Gasteiger partial charge in [0.05, 0.1) is 13.2 Å². The van der Waals surface area contributed by atoms with Crippen molar-refractivity contribution < 1.29 is 22.7 Å². The zero-order chi connectivity index (χ0) is 14.6. The zero-order valence-electron chi connectivity index (χ0n) is 11.0. The van der Waals surface area contributed by atoms with Crippen LogP contribution in [-0.2, 0) is 17.5 Å². The Labute approximate surface area is 108 Å². The molecular formula is C11H16F3N3O2. The van der Waals surface area contributed by atoms with Gasteiger partial charge in [-0.15, -0.1) is 0 Å². The molecule has 0 saturated heterocycles. The summed E-state index contributed by atoms with van der Waals surface area (Å²) in [5.41, 5.74) is -1.27. The Bertz CT molecular complexity index is 441. The lowest BCUT2D eigenvalue weighted by molar-refractivity contribution is -0.141. The molecule has 0 saturated carbocycles. The summed E-state index contributed by atoms with van der Waals surface area (Å²) in [5.74, 6) is -0.802. The fraction of sp³-hybridized carbons (Fsp3) is 0.636. The first kappa shape index (κ1) is 15.5. The topological polar surface area (TPSA) is 47.4 Å². The predicted octanol–water partition coefficient (Wildman–Crippen LogP) is 1.64. The number of nitrogens with zero attached hydrogens (tertiary/aromatic N) is 3. The van der Waals surface area contributed by atoms with Crippen LogP contribution in [-0.4, -0.2) is 47.9 Å². The van der Waals surface area contributed by atoms with Gasteiger partial charge in [0, 0.05) is 12.6 Å². The quantitative estimate of drug-likeness (QED) is 0.769. The molecule has 0 aliphatic carbocycles. The van der Waals surface area contributed by atoms with Crippen LogP contribution >= 0.6 is 0 Å². The second-order valence-electron chi connectivity index (χ2n) is 4.16. The van der Waals surface area contributed by atoms with Crippen molar-refractivity contribution >= 4 is 5.97 Å². The fourth-order valence-corrected chi connectivity index (χ4v) is 1.39. The van der Waals surface area contributed by atoms with Crippen molar-refractivity contribution in [2.24, 2.45) is 0 Å². The molecule has 0 N–H and O–H groups in total. The highest BCUT2D eigenvalue weighted by molar-refractivity contribution is 5.87. The number of aromatic nitrogens is 2. The van der Waals surface area contributed by atoms with Crippen LogP contribution in [0.25, 0.3) is 0 Å². The summed E-state index contributed by atoms with van der Waals surface area (Å²) < 4.78 is 43.5. The van der Waals surface area contributed by atoms with Crippen molar-refractivity contribution in [3.63, 3.8) is 0 Å². The number of carbonyl (C=O) groups excluding carboxylic acids is 1. The van der Waals surface area contributed by atoms with E-state index in [1.165, 1.54) is 0 Å². The van der Waals surface area contributed by atoms with Gasteiger partial charge in [-0.05, 0) is 21.0 Å². The van der Waals surface area contributed by atoms with E-state index in [1.807, 2.05) is 0 Å². The number of esters is 1. The smallest absolute Gasteiger partial charge is 0.435 e. The van der Waals surface area contributed by atoms with Crippen LogP contribution in [0, 0.1) is 0 Å². The number of hydrogen-bond donors (Lipinski definition) is 0. The molecule has 0 aliphatic rings. The summed E-state index contributed by atoms with van der Waals surface area (Å²) in [6.45, 7) is 2.32. The molecule has 0 bridgehead atoms.